The molecule has 1 spiro atoms. The monoisotopic (exact) mass is 234 g/mol. The molecule has 2 aliphatic carbocycles. The molecule has 0 saturated heterocycles. The quantitative estimate of drug-likeness (QED) is 0.779. The number of hydrogen-bond donors (Lipinski definition) is 2. The van der Waals surface area contributed by atoms with E-state index >= 15 is 0 Å². The molecule has 16 heavy (non-hydrogen) atoms. The van der Waals surface area contributed by atoms with Gasteiger partial charge in [0.05, 0.1) is 5.69 Å². The van der Waals surface area contributed by atoms with Crippen LogP contribution in [0.3, 0.4) is 0 Å². The first-order chi connectivity index (χ1) is 7.71. The molecule has 2 saturated carbocycles. The summed E-state index contributed by atoms with van der Waals surface area (Å²) < 4.78 is 0. The number of rotatable bonds is 1. The van der Waals surface area contributed by atoms with Gasteiger partial charge in [-0.2, -0.15) is 0 Å². The fourth-order valence-corrected chi connectivity index (χ4v) is 3.68. The smallest absolute Gasteiger partial charge is 0.0551 e. The Morgan fingerprint density at radius 1 is 1.44 bits per heavy atom. The topological polar surface area (TPSA) is 24.1 Å². The fraction of sp³-hybridized carbons (Fsp3) is 0.538. The van der Waals surface area contributed by atoms with Crippen LogP contribution < -0.4 is 10.9 Å². The molecular weight excluding hydrogens is 220 g/mol. The van der Waals surface area contributed by atoms with E-state index in [2.05, 4.69) is 23.8 Å². The van der Waals surface area contributed by atoms with E-state index in [1.807, 2.05) is 0 Å². The molecule has 1 aromatic rings. The highest BCUT2D eigenvalue weighted by atomic mass is 35.5. The second-order valence-corrected chi connectivity index (χ2v) is 5.93. The Bertz CT molecular complexity index is 491. The Hall–Kier alpha value is -0.730. The zero-order chi connectivity index (χ0) is 10.9. The van der Waals surface area contributed by atoms with Gasteiger partial charge in [0.25, 0.3) is 0 Å². The molecule has 0 radical (unpaired) electrons. The summed E-state index contributed by atoms with van der Waals surface area (Å²) in [6.45, 7) is 3.15. The molecule has 0 bridgehead atoms. The molecule has 1 heterocycles. The third-order valence-corrected chi connectivity index (χ3v) is 4.94. The van der Waals surface area contributed by atoms with Gasteiger partial charge in [0.2, 0.25) is 0 Å². The predicted molar refractivity (Wildman–Crippen MR) is 65.7 cm³/mol. The Balaban J connectivity index is 1.86. The highest BCUT2D eigenvalue weighted by Gasteiger charge is 2.63. The summed E-state index contributed by atoms with van der Waals surface area (Å²) in [5.74, 6) is 0.755. The van der Waals surface area contributed by atoms with Gasteiger partial charge in [0, 0.05) is 11.6 Å². The van der Waals surface area contributed by atoms with E-state index in [9.17, 15) is 0 Å². The van der Waals surface area contributed by atoms with Crippen LogP contribution in [-0.4, -0.2) is 0 Å². The van der Waals surface area contributed by atoms with Gasteiger partial charge in [0.15, 0.2) is 0 Å². The maximum atomic E-state index is 6.44. The Kier molecular flexibility index (Phi) is 1.60. The van der Waals surface area contributed by atoms with Crippen molar-refractivity contribution >= 4 is 17.3 Å². The first kappa shape index (κ1) is 9.32. The van der Waals surface area contributed by atoms with Crippen LogP contribution in [0.25, 0.3) is 0 Å². The van der Waals surface area contributed by atoms with Crippen LogP contribution in [0.5, 0.6) is 0 Å². The molecule has 3 aliphatic rings. The standard InChI is InChI=1S/C13H15ClN2/c1-7-8-6-15-16-11(8)4-10(14)12(7)9-5-13(9)2-3-13/h4,9,15-16H,2-3,5-6H2,1H3. The van der Waals surface area contributed by atoms with Gasteiger partial charge in [-0.15, -0.1) is 0 Å². The van der Waals surface area contributed by atoms with Crippen LogP contribution in [0.1, 0.15) is 41.9 Å². The highest BCUT2D eigenvalue weighted by Crippen LogP contribution is 2.76. The Morgan fingerprint density at radius 3 is 2.94 bits per heavy atom. The summed E-state index contributed by atoms with van der Waals surface area (Å²) in [5.41, 5.74) is 12.4. The summed E-state index contributed by atoms with van der Waals surface area (Å²) in [7, 11) is 0. The van der Waals surface area contributed by atoms with Crippen LogP contribution in [0.4, 0.5) is 5.69 Å². The van der Waals surface area contributed by atoms with Gasteiger partial charge >= 0.3 is 0 Å². The first-order valence-electron chi connectivity index (χ1n) is 6.02. The largest absolute Gasteiger partial charge is 0.321 e. The van der Waals surface area contributed by atoms with Crippen LogP contribution >= 0.6 is 11.6 Å². The summed E-state index contributed by atoms with van der Waals surface area (Å²) in [4.78, 5) is 0. The lowest BCUT2D eigenvalue weighted by molar-refractivity contribution is 0.827. The van der Waals surface area contributed by atoms with Crippen molar-refractivity contribution in [1.29, 1.82) is 0 Å². The zero-order valence-electron chi connectivity index (χ0n) is 9.36. The third-order valence-electron chi connectivity index (χ3n) is 4.63. The maximum absolute atomic E-state index is 6.44. The summed E-state index contributed by atoms with van der Waals surface area (Å²) in [5, 5.41) is 0.959. The second-order valence-electron chi connectivity index (χ2n) is 5.52. The molecule has 1 aliphatic heterocycles. The van der Waals surface area contributed by atoms with E-state index in [4.69, 9.17) is 11.6 Å². The minimum absolute atomic E-state index is 0.683. The van der Waals surface area contributed by atoms with E-state index in [0.717, 1.165) is 23.2 Å². The number of anilines is 1. The van der Waals surface area contributed by atoms with Gasteiger partial charge in [-0.3, -0.25) is 0 Å². The van der Waals surface area contributed by atoms with E-state index in [0.29, 0.717) is 5.41 Å². The number of halogens is 1. The van der Waals surface area contributed by atoms with Gasteiger partial charge in [0.1, 0.15) is 0 Å². The molecule has 2 nitrogen and oxygen atoms in total. The number of hydrogen-bond acceptors (Lipinski definition) is 2. The zero-order valence-corrected chi connectivity index (χ0v) is 10.1. The van der Waals surface area contributed by atoms with Crippen molar-refractivity contribution in [2.75, 3.05) is 5.43 Å². The Labute approximate surface area is 100 Å². The maximum Gasteiger partial charge on any atom is 0.0551 e. The molecule has 84 valence electrons. The third kappa shape index (κ3) is 1.07. The first-order valence-corrected chi connectivity index (χ1v) is 6.40. The van der Waals surface area contributed by atoms with Gasteiger partial charge < -0.3 is 5.43 Å². The molecule has 2 N–H and O–H groups in total. The lowest BCUT2D eigenvalue weighted by Crippen LogP contribution is -2.10. The average Bonchev–Trinajstić information content (AvgIpc) is 3.11. The second kappa shape index (κ2) is 2.74. The van der Waals surface area contributed by atoms with Crippen molar-refractivity contribution in [3.63, 3.8) is 0 Å². The van der Waals surface area contributed by atoms with E-state index in [1.165, 1.54) is 36.0 Å². The number of hydrazine groups is 1. The summed E-state index contributed by atoms with van der Waals surface area (Å²) in [6.07, 6.45) is 4.20. The molecule has 2 fully saturated rings. The lowest BCUT2D eigenvalue weighted by Gasteiger charge is -2.12. The fourth-order valence-electron chi connectivity index (χ4n) is 3.30. The number of benzene rings is 1. The van der Waals surface area contributed by atoms with Crippen LogP contribution in [0.15, 0.2) is 6.07 Å². The van der Waals surface area contributed by atoms with Crippen molar-refractivity contribution in [2.24, 2.45) is 5.41 Å². The summed E-state index contributed by atoms with van der Waals surface area (Å²) in [6, 6.07) is 2.09. The van der Waals surface area contributed by atoms with Crippen molar-refractivity contribution in [1.82, 2.24) is 5.43 Å². The van der Waals surface area contributed by atoms with Crippen molar-refractivity contribution in [2.45, 2.75) is 38.6 Å². The van der Waals surface area contributed by atoms with E-state index < -0.39 is 0 Å². The lowest BCUT2D eigenvalue weighted by atomic mass is 9.96. The van der Waals surface area contributed by atoms with Crippen molar-refractivity contribution in [3.05, 3.63) is 27.8 Å². The summed E-state index contributed by atoms with van der Waals surface area (Å²) >= 11 is 6.44. The number of nitrogens with one attached hydrogen (secondary N) is 2. The SMILES string of the molecule is Cc1c2c(cc(Cl)c1C1CC13CC3)NNC2. The average molecular weight is 235 g/mol. The van der Waals surface area contributed by atoms with Gasteiger partial charge in [-0.25, -0.2) is 5.43 Å². The van der Waals surface area contributed by atoms with Gasteiger partial charge in [-0.05, 0) is 60.3 Å². The van der Waals surface area contributed by atoms with Crippen LogP contribution in [0.2, 0.25) is 5.02 Å². The van der Waals surface area contributed by atoms with Crippen LogP contribution in [0, 0.1) is 12.3 Å². The normalized spacial score (nSPS) is 27.8. The van der Waals surface area contributed by atoms with Crippen LogP contribution in [-0.2, 0) is 6.54 Å². The van der Waals surface area contributed by atoms with Crippen molar-refractivity contribution in [3.8, 4) is 0 Å². The minimum Gasteiger partial charge on any atom is -0.321 e. The molecule has 1 atom stereocenters. The number of fused-ring (bicyclic) bond motifs is 1. The Morgan fingerprint density at radius 2 is 2.25 bits per heavy atom. The molecule has 3 heteroatoms. The molecule has 0 amide bonds. The van der Waals surface area contributed by atoms with E-state index in [1.54, 1.807) is 0 Å². The minimum atomic E-state index is 0.683. The molecule has 0 aromatic heterocycles. The highest BCUT2D eigenvalue weighted by molar-refractivity contribution is 6.32. The molecule has 4 rings (SSSR count). The molecule has 1 unspecified atom stereocenters. The molecule has 1 aromatic carbocycles. The van der Waals surface area contributed by atoms with E-state index in [-0.39, 0.29) is 0 Å². The van der Waals surface area contributed by atoms with Crippen molar-refractivity contribution < 1.29 is 0 Å². The predicted octanol–water partition coefficient (Wildman–Crippen LogP) is 3.35. The molecular formula is C13H15ClN2. The van der Waals surface area contributed by atoms with Gasteiger partial charge in [-0.1, -0.05) is 11.6 Å².